The summed E-state index contributed by atoms with van der Waals surface area (Å²) in [5, 5.41) is 2.08. The molecule has 3 fully saturated rings. The minimum absolute atomic E-state index is 0.0833. The van der Waals surface area contributed by atoms with Gasteiger partial charge in [0.15, 0.2) is 0 Å². The minimum atomic E-state index is -0.217. The molecule has 20 heavy (non-hydrogen) atoms. The zero-order valence-corrected chi connectivity index (χ0v) is 12.8. The predicted molar refractivity (Wildman–Crippen MR) is 72.9 cm³/mol. The Morgan fingerprint density at radius 3 is 2.65 bits per heavy atom. The summed E-state index contributed by atoms with van der Waals surface area (Å²) in [4.78, 5) is 17.3. The number of hydrogen-bond acceptors (Lipinski definition) is 5. The zero-order chi connectivity index (χ0) is 14.5. The van der Waals surface area contributed by atoms with E-state index in [1.165, 1.54) is 6.92 Å². The first-order valence-electron chi connectivity index (χ1n) is 7.58. The van der Waals surface area contributed by atoms with Crippen LogP contribution in [0, 0.1) is 5.92 Å². The summed E-state index contributed by atoms with van der Waals surface area (Å²) >= 11 is 0. The molecule has 1 spiro atoms. The third-order valence-electron chi connectivity index (χ3n) is 4.45. The van der Waals surface area contributed by atoms with Crippen molar-refractivity contribution >= 4 is 5.97 Å². The Hall–Kier alpha value is -0.650. The molecule has 0 aromatic heterocycles. The molecule has 0 N–H and O–H groups in total. The molecule has 1 aliphatic carbocycles. The largest absolute Gasteiger partial charge is 0.465 e. The second-order valence-corrected chi connectivity index (χ2v) is 7.25. The molecule has 0 aromatic rings. The quantitative estimate of drug-likeness (QED) is 0.740. The summed E-state index contributed by atoms with van der Waals surface area (Å²) in [6.07, 6.45) is 3.27. The highest BCUT2D eigenvalue weighted by Gasteiger charge is 2.65. The fraction of sp³-hybridized carbons (Fsp3) is 0.933. The summed E-state index contributed by atoms with van der Waals surface area (Å²) < 4.78 is 11.5. The minimum Gasteiger partial charge on any atom is -0.465 e. The van der Waals surface area contributed by atoms with E-state index < -0.39 is 0 Å². The summed E-state index contributed by atoms with van der Waals surface area (Å²) in [6.45, 7) is 9.06. The van der Waals surface area contributed by atoms with Crippen molar-refractivity contribution in [1.82, 2.24) is 5.06 Å². The van der Waals surface area contributed by atoms with Crippen molar-refractivity contribution in [2.75, 3.05) is 13.2 Å². The van der Waals surface area contributed by atoms with Gasteiger partial charge in [0.05, 0.1) is 30.0 Å². The second kappa shape index (κ2) is 4.68. The van der Waals surface area contributed by atoms with Gasteiger partial charge in [0.2, 0.25) is 0 Å². The number of hydroxylamine groups is 2. The molecule has 2 saturated heterocycles. The number of carbonyl (C=O) groups is 1. The number of hydrogen-bond donors (Lipinski definition) is 0. The summed E-state index contributed by atoms with van der Waals surface area (Å²) in [5.74, 6) is 0.0202. The molecular formula is C15H25NO4. The van der Waals surface area contributed by atoms with Crippen molar-refractivity contribution in [3.05, 3.63) is 0 Å². The van der Waals surface area contributed by atoms with Crippen LogP contribution in [0.3, 0.4) is 0 Å². The van der Waals surface area contributed by atoms with Crippen LogP contribution in [0.5, 0.6) is 0 Å². The maximum Gasteiger partial charge on any atom is 0.302 e. The summed E-state index contributed by atoms with van der Waals surface area (Å²) in [5.41, 5.74) is -0.244. The number of nitrogens with zero attached hydrogens (tertiary/aromatic N) is 1. The predicted octanol–water partition coefficient (Wildman–Crippen LogP) is 1.90. The Labute approximate surface area is 120 Å². The standard InChI is InChI=1S/C15H25NO4/c1-10(17)18-9-11-13-12(19-14(2,3)4)5-8-16(13)20-15(11)6-7-15/h11-13H,5-9H2,1-4H3/t11-,12+,13-/m1/s1. The van der Waals surface area contributed by atoms with Crippen LogP contribution in [-0.4, -0.2) is 47.5 Å². The lowest BCUT2D eigenvalue weighted by atomic mass is 9.90. The van der Waals surface area contributed by atoms with Crippen molar-refractivity contribution in [2.45, 2.75) is 70.3 Å². The molecule has 2 heterocycles. The van der Waals surface area contributed by atoms with Crippen LogP contribution in [-0.2, 0) is 19.1 Å². The first-order chi connectivity index (χ1) is 9.31. The van der Waals surface area contributed by atoms with Crippen molar-refractivity contribution in [1.29, 1.82) is 0 Å². The van der Waals surface area contributed by atoms with E-state index in [9.17, 15) is 4.79 Å². The van der Waals surface area contributed by atoms with Crippen LogP contribution in [0.2, 0.25) is 0 Å². The van der Waals surface area contributed by atoms with Crippen LogP contribution in [0.15, 0.2) is 0 Å². The molecule has 5 heteroatoms. The Balaban J connectivity index is 1.73. The molecule has 2 aliphatic heterocycles. The Morgan fingerprint density at radius 2 is 2.10 bits per heavy atom. The average molecular weight is 283 g/mol. The summed E-state index contributed by atoms with van der Waals surface area (Å²) in [7, 11) is 0. The third kappa shape index (κ3) is 2.59. The van der Waals surface area contributed by atoms with Crippen LogP contribution in [0.1, 0.15) is 47.0 Å². The second-order valence-electron chi connectivity index (χ2n) is 7.25. The van der Waals surface area contributed by atoms with Gasteiger partial charge in [-0.3, -0.25) is 9.63 Å². The highest BCUT2D eigenvalue weighted by molar-refractivity contribution is 5.65. The maximum absolute atomic E-state index is 11.1. The monoisotopic (exact) mass is 283 g/mol. The van der Waals surface area contributed by atoms with E-state index in [2.05, 4.69) is 25.8 Å². The Kier molecular flexibility index (Phi) is 3.35. The fourth-order valence-corrected chi connectivity index (χ4v) is 3.56. The average Bonchev–Trinajstić information content (AvgIpc) is 2.87. The number of carbonyl (C=O) groups excluding carboxylic acids is 1. The van der Waals surface area contributed by atoms with Crippen LogP contribution in [0.4, 0.5) is 0 Å². The van der Waals surface area contributed by atoms with Gasteiger partial charge in [-0.15, -0.1) is 0 Å². The van der Waals surface area contributed by atoms with Gasteiger partial charge in [0.1, 0.15) is 0 Å². The summed E-state index contributed by atoms with van der Waals surface area (Å²) in [6, 6.07) is 0.219. The maximum atomic E-state index is 11.1. The van der Waals surface area contributed by atoms with Gasteiger partial charge in [-0.05, 0) is 40.0 Å². The third-order valence-corrected chi connectivity index (χ3v) is 4.45. The molecule has 0 aromatic carbocycles. The van der Waals surface area contributed by atoms with Crippen molar-refractivity contribution in [3.63, 3.8) is 0 Å². The smallest absolute Gasteiger partial charge is 0.302 e. The number of fused-ring (bicyclic) bond motifs is 1. The van der Waals surface area contributed by atoms with E-state index in [0.717, 1.165) is 25.8 Å². The molecule has 3 atom stereocenters. The number of ether oxygens (including phenoxy) is 2. The van der Waals surface area contributed by atoms with E-state index >= 15 is 0 Å². The molecule has 0 amide bonds. The van der Waals surface area contributed by atoms with E-state index in [-0.39, 0.29) is 35.2 Å². The molecule has 0 unspecified atom stereocenters. The molecule has 3 rings (SSSR count). The van der Waals surface area contributed by atoms with E-state index in [1.807, 2.05) is 0 Å². The number of rotatable bonds is 3. The van der Waals surface area contributed by atoms with Gasteiger partial charge < -0.3 is 9.47 Å². The Bertz CT molecular complexity index is 399. The molecule has 0 radical (unpaired) electrons. The lowest BCUT2D eigenvalue weighted by Crippen LogP contribution is -2.42. The number of esters is 1. The molecule has 114 valence electrons. The van der Waals surface area contributed by atoms with Gasteiger partial charge in [0.25, 0.3) is 0 Å². The molecule has 0 bridgehead atoms. The zero-order valence-electron chi connectivity index (χ0n) is 12.8. The highest BCUT2D eigenvalue weighted by Crippen LogP contribution is 2.56. The molecular weight excluding hydrogens is 258 g/mol. The highest BCUT2D eigenvalue weighted by atomic mass is 16.7. The van der Waals surface area contributed by atoms with Crippen LogP contribution < -0.4 is 0 Å². The van der Waals surface area contributed by atoms with Crippen molar-refractivity contribution in [3.8, 4) is 0 Å². The van der Waals surface area contributed by atoms with Crippen molar-refractivity contribution < 1.29 is 19.1 Å². The van der Waals surface area contributed by atoms with Gasteiger partial charge in [0, 0.05) is 19.4 Å². The normalized spacial score (nSPS) is 35.3. The van der Waals surface area contributed by atoms with E-state index in [4.69, 9.17) is 14.3 Å². The van der Waals surface area contributed by atoms with Crippen LogP contribution in [0.25, 0.3) is 0 Å². The SMILES string of the molecule is CC(=O)OC[C@@H]1[C@@H]2[C@@H](OC(C)(C)C)CCN2OC12CC2. The van der Waals surface area contributed by atoms with Gasteiger partial charge in [-0.2, -0.15) is 5.06 Å². The van der Waals surface area contributed by atoms with E-state index in [0.29, 0.717) is 6.61 Å². The Morgan fingerprint density at radius 1 is 1.40 bits per heavy atom. The topological polar surface area (TPSA) is 48.0 Å². The van der Waals surface area contributed by atoms with Gasteiger partial charge >= 0.3 is 5.97 Å². The molecule has 3 aliphatic rings. The first kappa shape index (κ1) is 14.3. The fourth-order valence-electron chi connectivity index (χ4n) is 3.56. The lowest BCUT2D eigenvalue weighted by molar-refractivity contribution is -0.167. The molecule has 5 nitrogen and oxygen atoms in total. The lowest BCUT2D eigenvalue weighted by Gasteiger charge is -2.31. The van der Waals surface area contributed by atoms with Crippen molar-refractivity contribution in [2.24, 2.45) is 5.92 Å². The molecule has 1 saturated carbocycles. The van der Waals surface area contributed by atoms with Gasteiger partial charge in [-0.25, -0.2) is 0 Å². The van der Waals surface area contributed by atoms with E-state index in [1.54, 1.807) is 0 Å². The first-order valence-corrected chi connectivity index (χ1v) is 7.58. The van der Waals surface area contributed by atoms with Gasteiger partial charge in [-0.1, -0.05) is 0 Å². The van der Waals surface area contributed by atoms with Crippen LogP contribution >= 0.6 is 0 Å².